The SMILES string of the molecule is O=C(CS(=O)(=O)CCCc1ccccc1)NC1CS(=O)(=O)CC1N1CCCCC1. The Kier molecular flexibility index (Phi) is 7.34. The lowest BCUT2D eigenvalue weighted by Crippen LogP contribution is -2.53. The minimum Gasteiger partial charge on any atom is -0.350 e. The first-order chi connectivity index (χ1) is 13.7. The van der Waals surface area contributed by atoms with Gasteiger partial charge in [0.2, 0.25) is 5.91 Å². The Labute approximate surface area is 173 Å². The number of amides is 1. The van der Waals surface area contributed by atoms with E-state index in [1.807, 2.05) is 30.3 Å². The van der Waals surface area contributed by atoms with Crippen LogP contribution in [-0.4, -0.2) is 75.8 Å². The van der Waals surface area contributed by atoms with Crippen LogP contribution < -0.4 is 5.32 Å². The molecule has 1 aromatic carbocycles. The Morgan fingerprint density at radius 1 is 1.07 bits per heavy atom. The number of rotatable bonds is 8. The van der Waals surface area contributed by atoms with E-state index >= 15 is 0 Å². The molecule has 162 valence electrons. The van der Waals surface area contributed by atoms with Gasteiger partial charge >= 0.3 is 0 Å². The van der Waals surface area contributed by atoms with Crippen LogP contribution >= 0.6 is 0 Å². The van der Waals surface area contributed by atoms with E-state index in [2.05, 4.69) is 10.2 Å². The lowest BCUT2D eigenvalue weighted by molar-refractivity contribution is -0.119. The average molecular weight is 443 g/mol. The first kappa shape index (κ1) is 22.2. The molecule has 0 bridgehead atoms. The number of hydrogen-bond acceptors (Lipinski definition) is 6. The van der Waals surface area contributed by atoms with Crippen molar-refractivity contribution in [2.45, 2.75) is 44.2 Å². The van der Waals surface area contributed by atoms with E-state index in [4.69, 9.17) is 0 Å². The van der Waals surface area contributed by atoms with Crippen molar-refractivity contribution in [1.29, 1.82) is 0 Å². The number of carbonyl (C=O) groups excluding carboxylic acids is 1. The summed E-state index contributed by atoms with van der Waals surface area (Å²) in [4.78, 5) is 14.5. The van der Waals surface area contributed by atoms with Crippen molar-refractivity contribution >= 4 is 25.6 Å². The zero-order chi connectivity index (χ0) is 20.9. The Bertz CT molecular complexity index is 894. The van der Waals surface area contributed by atoms with Gasteiger partial charge in [0.1, 0.15) is 5.75 Å². The fraction of sp³-hybridized carbons (Fsp3) is 0.650. The number of likely N-dealkylation sites (tertiary alicyclic amines) is 1. The number of benzene rings is 1. The molecule has 2 saturated heterocycles. The number of aryl methyl sites for hydroxylation is 1. The van der Waals surface area contributed by atoms with Crippen LogP contribution in [0.2, 0.25) is 0 Å². The minimum atomic E-state index is -3.54. The highest BCUT2D eigenvalue weighted by molar-refractivity contribution is 7.92. The Balaban J connectivity index is 1.52. The van der Waals surface area contributed by atoms with E-state index in [1.165, 1.54) is 0 Å². The summed E-state index contributed by atoms with van der Waals surface area (Å²) in [5, 5.41) is 2.71. The van der Waals surface area contributed by atoms with Crippen LogP contribution in [0, 0.1) is 0 Å². The maximum absolute atomic E-state index is 12.4. The summed E-state index contributed by atoms with van der Waals surface area (Å²) in [7, 11) is -6.77. The van der Waals surface area contributed by atoms with Crippen LogP contribution in [0.25, 0.3) is 0 Å². The molecule has 0 aromatic heterocycles. The van der Waals surface area contributed by atoms with Crippen molar-refractivity contribution in [2.24, 2.45) is 0 Å². The van der Waals surface area contributed by atoms with E-state index in [0.29, 0.717) is 12.8 Å². The van der Waals surface area contributed by atoms with Gasteiger partial charge in [-0.1, -0.05) is 36.8 Å². The molecule has 3 rings (SSSR count). The smallest absolute Gasteiger partial charge is 0.235 e. The fourth-order valence-electron chi connectivity index (χ4n) is 4.24. The number of carbonyl (C=O) groups is 1. The molecule has 2 unspecified atom stereocenters. The van der Waals surface area contributed by atoms with Crippen LogP contribution in [0.5, 0.6) is 0 Å². The molecule has 1 N–H and O–H groups in total. The highest BCUT2D eigenvalue weighted by atomic mass is 32.2. The summed E-state index contributed by atoms with van der Waals surface area (Å²) in [5.74, 6) is -1.34. The van der Waals surface area contributed by atoms with E-state index in [-0.39, 0.29) is 23.3 Å². The lowest BCUT2D eigenvalue weighted by atomic mass is 10.1. The molecule has 0 radical (unpaired) electrons. The highest BCUT2D eigenvalue weighted by Gasteiger charge is 2.42. The van der Waals surface area contributed by atoms with E-state index in [9.17, 15) is 21.6 Å². The number of piperidine rings is 1. The third-order valence-electron chi connectivity index (χ3n) is 5.64. The molecular weight excluding hydrogens is 412 g/mol. The van der Waals surface area contributed by atoms with Crippen LogP contribution in [-0.2, 0) is 30.9 Å². The van der Waals surface area contributed by atoms with Gasteiger partial charge in [-0.2, -0.15) is 0 Å². The molecule has 2 heterocycles. The number of sulfone groups is 2. The van der Waals surface area contributed by atoms with Gasteiger partial charge in [0.05, 0.1) is 23.3 Å². The van der Waals surface area contributed by atoms with E-state index < -0.39 is 37.4 Å². The molecule has 0 spiro atoms. The monoisotopic (exact) mass is 442 g/mol. The Morgan fingerprint density at radius 2 is 1.76 bits per heavy atom. The van der Waals surface area contributed by atoms with Gasteiger partial charge in [0.25, 0.3) is 0 Å². The van der Waals surface area contributed by atoms with Crippen molar-refractivity contribution < 1.29 is 21.6 Å². The van der Waals surface area contributed by atoms with Crippen molar-refractivity contribution in [3.8, 4) is 0 Å². The molecule has 0 saturated carbocycles. The number of hydrogen-bond donors (Lipinski definition) is 1. The molecule has 1 amide bonds. The molecule has 9 heteroatoms. The summed E-state index contributed by atoms with van der Waals surface area (Å²) in [6, 6.07) is 8.82. The van der Waals surface area contributed by atoms with E-state index in [0.717, 1.165) is 37.9 Å². The van der Waals surface area contributed by atoms with Crippen LogP contribution in [0.4, 0.5) is 0 Å². The quantitative estimate of drug-likeness (QED) is 0.639. The van der Waals surface area contributed by atoms with Crippen molar-refractivity contribution in [2.75, 3.05) is 36.1 Å². The first-order valence-corrected chi connectivity index (χ1v) is 13.9. The van der Waals surface area contributed by atoms with Crippen LogP contribution in [0.3, 0.4) is 0 Å². The lowest BCUT2D eigenvalue weighted by Gasteiger charge is -2.35. The summed E-state index contributed by atoms with van der Waals surface area (Å²) >= 11 is 0. The van der Waals surface area contributed by atoms with Gasteiger partial charge in [0, 0.05) is 6.04 Å². The van der Waals surface area contributed by atoms with Gasteiger partial charge in [-0.25, -0.2) is 16.8 Å². The van der Waals surface area contributed by atoms with Crippen LogP contribution in [0.15, 0.2) is 30.3 Å². The van der Waals surface area contributed by atoms with Crippen molar-refractivity contribution in [3.05, 3.63) is 35.9 Å². The number of nitrogens with one attached hydrogen (secondary N) is 1. The Morgan fingerprint density at radius 3 is 2.45 bits per heavy atom. The zero-order valence-electron chi connectivity index (χ0n) is 16.6. The van der Waals surface area contributed by atoms with Gasteiger partial charge in [-0.05, 0) is 44.3 Å². The molecule has 2 atom stereocenters. The second-order valence-electron chi connectivity index (χ2n) is 8.10. The second kappa shape index (κ2) is 9.57. The van der Waals surface area contributed by atoms with Gasteiger partial charge < -0.3 is 5.32 Å². The third kappa shape index (κ3) is 6.79. The molecule has 0 aliphatic carbocycles. The van der Waals surface area contributed by atoms with E-state index in [1.54, 1.807) is 0 Å². The maximum atomic E-state index is 12.4. The standard InChI is InChI=1S/C20H30N2O5S2/c23-20(16-28(24,25)13-7-10-17-8-3-1-4-9-17)21-18-14-29(26,27)15-19(18)22-11-5-2-6-12-22/h1,3-4,8-9,18-19H,2,5-7,10-16H2,(H,21,23). The van der Waals surface area contributed by atoms with Gasteiger partial charge in [-0.15, -0.1) is 0 Å². The molecule has 7 nitrogen and oxygen atoms in total. The average Bonchev–Trinajstić information content (AvgIpc) is 2.96. The summed E-state index contributed by atoms with van der Waals surface area (Å²) in [5.41, 5.74) is 1.06. The topological polar surface area (TPSA) is 101 Å². The second-order valence-corrected chi connectivity index (χ2v) is 12.4. The third-order valence-corrected chi connectivity index (χ3v) is 8.97. The predicted octanol–water partition coefficient (Wildman–Crippen LogP) is 0.802. The first-order valence-electron chi connectivity index (χ1n) is 10.2. The fourth-order valence-corrected chi connectivity index (χ4v) is 7.40. The molecular formula is C20H30N2O5S2. The number of nitrogens with zero attached hydrogens (tertiary/aromatic N) is 1. The minimum absolute atomic E-state index is 0.0295. The van der Waals surface area contributed by atoms with Crippen molar-refractivity contribution in [3.63, 3.8) is 0 Å². The van der Waals surface area contributed by atoms with Crippen LogP contribution in [0.1, 0.15) is 31.2 Å². The molecule has 2 aliphatic heterocycles. The van der Waals surface area contributed by atoms with Gasteiger partial charge in [-0.3, -0.25) is 9.69 Å². The Hall–Kier alpha value is -1.45. The maximum Gasteiger partial charge on any atom is 0.235 e. The summed E-state index contributed by atoms with van der Waals surface area (Å²) in [6.07, 6.45) is 4.27. The molecule has 2 fully saturated rings. The zero-order valence-corrected chi connectivity index (χ0v) is 18.3. The highest BCUT2D eigenvalue weighted by Crippen LogP contribution is 2.22. The molecule has 1 aromatic rings. The molecule has 2 aliphatic rings. The van der Waals surface area contributed by atoms with Gasteiger partial charge in [0.15, 0.2) is 19.7 Å². The molecule has 29 heavy (non-hydrogen) atoms. The normalized spacial score (nSPS) is 25.0. The summed E-state index contributed by atoms with van der Waals surface area (Å²) < 4.78 is 48.9. The predicted molar refractivity (Wildman–Crippen MR) is 113 cm³/mol. The summed E-state index contributed by atoms with van der Waals surface area (Å²) in [6.45, 7) is 1.65. The van der Waals surface area contributed by atoms with Crippen molar-refractivity contribution in [1.82, 2.24) is 10.2 Å². The largest absolute Gasteiger partial charge is 0.350 e.